The molecule has 0 aliphatic carbocycles. The van der Waals surface area contributed by atoms with E-state index in [1.54, 1.807) is 12.1 Å². The van der Waals surface area contributed by atoms with Gasteiger partial charge in [0.1, 0.15) is 28.9 Å². The molecule has 122 valence electrons. The normalized spacial score (nSPS) is 16.1. The molecular weight excluding hydrogens is 304 g/mol. The van der Waals surface area contributed by atoms with Crippen molar-refractivity contribution in [1.82, 2.24) is 0 Å². The summed E-state index contributed by atoms with van der Waals surface area (Å²) < 4.78 is 11.1. The number of phenolic OH excluding ortho intramolecular Hbond substituents is 1. The smallest absolute Gasteiger partial charge is 0.205 e. The second kappa shape index (κ2) is 6.55. The van der Waals surface area contributed by atoms with Crippen LogP contribution in [0.2, 0.25) is 0 Å². The van der Waals surface area contributed by atoms with Gasteiger partial charge in [-0.1, -0.05) is 25.1 Å². The van der Waals surface area contributed by atoms with Gasteiger partial charge in [0.05, 0.1) is 12.5 Å². The van der Waals surface area contributed by atoms with Gasteiger partial charge >= 0.3 is 0 Å². The van der Waals surface area contributed by atoms with Crippen LogP contribution in [0, 0.1) is 11.3 Å². The summed E-state index contributed by atoms with van der Waals surface area (Å²) in [6.45, 7) is 2.71. The number of allylic oxidation sites excluding steroid dienone is 1. The van der Waals surface area contributed by atoms with Crippen LogP contribution in [0.1, 0.15) is 30.4 Å². The molecule has 1 aliphatic heterocycles. The lowest BCUT2D eigenvalue weighted by atomic mass is 9.83. The molecule has 0 radical (unpaired) electrons. The first-order valence-electron chi connectivity index (χ1n) is 7.77. The summed E-state index contributed by atoms with van der Waals surface area (Å²) in [5.41, 5.74) is 7.97. The number of hydrogen-bond donors (Lipinski definition) is 2. The highest BCUT2D eigenvalue weighted by Gasteiger charge is 2.30. The average molecular weight is 322 g/mol. The molecule has 0 unspecified atom stereocenters. The van der Waals surface area contributed by atoms with Gasteiger partial charge in [-0.05, 0) is 30.2 Å². The second-order valence-corrected chi connectivity index (χ2v) is 5.56. The molecule has 1 aliphatic rings. The number of ether oxygens (including phenoxy) is 2. The molecule has 2 aromatic rings. The first-order valence-corrected chi connectivity index (χ1v) is 7.77. The van der Waals surface area contributed by atoms with Crippen molar-refractivity contribution in [2.45, 2.75) is 19.3 Å². The fourth-order valence-corrected chi connectivity index (χ4v) is 2.76. The van der Waals surface area contributed by atoms with Crippen molar-refractivity contribution in [3.05, 3.63) is 65.0 Å². The highest BCUT2D eigenvalue weighted by atomic mass is 16.5. The second-order valence-electron chi connectivity index (χ2n) is 5.56. The van der Waals surface area contributed by atoms with Crippen LogP contribution in [0.15, 0.2) is 53.9 Å². The van der Waals surface area contributed by atoms with E-state index in [0.29, 0.717) is 17.9 Å². The number of phenols is 1. The highest BCUT2D eigenvalue weighted by Crippen LogP contribution is 2.43. The van der Waals surface area contributed by atoms with Crippen molar-refractivity contribution < 1.29 is 14.6 Å². The van der Waals surface area contributed by atoms with Crippen LogP contribution in [0.3, 0.4) is 0 Å². The number of rotatable bonds is 4. The Morgan fingerprint density at radius 3 is 2.67 bits per heavy atom. The molecule has 0 fully saturated rings. The summed E-state index contributed by atoms with van der Waals surface area (Å²) >= 11 is 0. The number of hydrogen-bond acceptors (Lipinski definition) is 5. The van der Waals surface area contributed by atoms with Gasteiger partial charge in [-0.15, -0.1) is 0 Å². The molecule has 0 amide bonds. The molecule has 24 heavy (non-hydrogen) atoms. The summed E-state index contributed by atoms with van der Waals surface area (Å²) in [4.78, 5) is 0. The van der Waals surface area contributed by atoms with E-state index >= 15 is 0 Å². The number of fused-ring (bicyclic) bond motifs is 1. The standard InChI is InChI=1S/C19H18N2O3/c1-2-9-23-14-6-3-12(4-7-14)18-15-8-5-13(22)10-17(15)24-19(21)16(18)11-20/h3-8,10,18,22H,2,9,21H2,1H3/t18-/m1/s1. The molecule has 0 saturated heterocycles. The Bertz CT molecular complexity index is 819. The van der Waals surface area contributed by atoms with E-state index in [1.807, 2.05) is 24.3 Å². The largest absolute Gasteiger partial charge is 0.508 e. The van der Waals surface area contributed by atoms with Gasteiger partial charge in [0.15, 0.2) is 0 Å². The van der Waals surface area contributed by atoms with Gasteiger partial charge in [0.2, 0.25) is 5.88 Å². The van der Waals surface area contributed by atoms with Crippen molar-refractivity contribution in [3.63, 3.8) is 0 Å². The van der Waals surface area contributed by atoms with Crippen LogP contribution in [-0.4, -0.2) is 11.7 Å². The van der Waals surface area contributed by atoms with Gasteiger partial charge in [-0.25, -0.2) is 0 Å². The maximum atomic E-state index is 9.65. The van der Waals surface area contributed by atoms with Gasteiger partial charge in [0.25, 0.3) is 0 Å². The Morgan fingerprint density at radius 2 is 2.00 bits per heavy atom. The van der Waals surface area contributed by atoms with Crippen molar-refractivity contribution in [3.8, 4) is 23.3 Å². The lowest BCUT2D eigenvalue weighted by Crippen LogP contribution is -2.20. The Kier molecular flexibility index (Phi) is 4.30. The summed E-state index contributed by atoms with van der Waals surface area (Å²) in [6, 6.07) is 14.6. The SMILES string of the molecule is CCCOc1ccc([C@H]2C(C#N)=C(N)Oc3cc(O)ccc32)cc1. The number of aromatic hydroxyl groups is 1. The Morgan fingerprint density at radius 1 is 1.25 bits per heavy atom. The van der Waals surface area contributed by atoms with E-state index < -0.39 is 0 Å². The van der Waals surface area contributed by atoms with E-state index in [2.05, 4.69) is 13.0 Å². The molecule has 1 heterocycles. The monoisotopic (exact) mass is 322 g/mol. The Hall–Kier alpha value is -3.13. The van der Waals surface area contributed by atoms with E-state index in [1.165, 1.54) is 6.07 Å². The minimum absolute atomic E-state index is 0.0620. The van der Waals surface area contributed by atoms with Crippen LogP contribution >= 0.6 is 0 Å². The highest BCUT2D eigenvalue weighted by molar-refractivity contribution is 5.57. The fourth-order valence-electron chi connectivity index (χ4n) is 2.76. The summed E-state index contributed by atoms with van der Waals surface area (Å²) in [5.74, 6) is 1.06. The zero-order valence-corrected chi connectivity index (χ0v) is 13.3. The molecule has 2 aromatic carbocycles. The molecule has 1 atom stereocenters. The van der Waals surface area contributed by atoms with Gasteiger partial charge in [-0.2, -0.15) is 5.26 Å². The molecule has 5 nitrogen and oxygen atoms in total. The zero-order valence-electron chi connectivity index (χ0n) is 13.3. The van der Waals surface area contributed by atoms with Crippen LogP contribution in [0.4, 0.5) is 0 Å². The maximum absolute atomic E-state index is 9.65. The lowest BCUT2D eigenvalue weighted by molar-refractivity contribution is 0.317. The molecule has 5 heteroatoms. The van der Waals surface area contributed by atoms with E-state index in [0.717, 1.165) is 23.3 Å². The third-order valence-corrected chi connectivity index (χ3v) is 3.89. The minimum atomic E-state index is -0.334. The molecule has 3 N–H and O–H groups in total. The van der Waals surface area contributed by atoms with Crippen LogP contribution in [0.5, 0.6) is 17.2 Å². The third kappa shape index (κ3) is 2.86. The van der Waals surface area contributed by atoms with E-state index in [-0.39, 0.29) is 17.6 Å². The van der Waals surface area contributed by atoms with Crippen LogP contribution < -0.4 is 15.2 Å². The van der Waals surface area contributed by atoms with Gasteiger partial charge in [0, 0.05) is 11.6 Å². The minimum Gasteiger partial charge on any atom is -0.508 e. The molecular formula is C19H18N2O3. The third-order valence-electron chi connectivity index (χ3n) is 3.89. The first kappa shape index (κ1) is 15.8. The molecule has 0 bridgehead atoms. The summed E-state index contributed by atoms with van der Waals surface area (Å²) in [5, 5.41) is 19.2. The number of nitriles is 1. The average Bonchev–Trinajstić information content (AvgIpc) is 2.59. The Balaban J connectivity index is 2.03. The predicted octanol–water partition coefficient (Wildman–Crippen LogP) is 3.40. The molecule has 0 saturated carbocycles. The van der Waals surface area contributed by atoms with Crippen molar-refractivity contribution >= 4 is 0 Å². The topological polar surface area (TPSA) is 88.5 Å². The predicted molar refractivity (Wildman–Crippen MR) is 89.6 cm³/mol. The summed E-state index contributed by atoms with van der Waals surface area (Å²) in [6.07, 6.45) is 0.941. The summed E-state index contributed by atoms with van der Waals surface area (Å²) in [7, 11) is 0. The number of nitrogens with two attached hydrogens (primary N) is 1. The Labute approximate surface area is 140 Å². The van der Waals surface area contributed by atoms with Gasteiger partial charge < -0.3 is 20.3 Å². The maximum Gasteiger partial charge on any atom is 0.205 e. The van der Waals surface area contributed by atoms with Gasteiger partial charge in [-0.3, -0.25) is 0 Å². The molecule has 3 rings (SSSR count). The fraction of sp³-hybridized carbons (Fsp3) is 0.211. The lowest BCUT2D eigenvalue weighted by Gasteiger charge is -2.26. The molecule has 0 spiro atoms. The quantitative estimate of drug-likeness (QED) is 0.900. The van der Waals surface area contributed by atoms with Crippen molar-refractivity contribution in [2.24, 2.45) is 5.73 Å². The first-order chi connectivity index (χ1) is 11.6. The van der Waals surface area contributed by atoms with Crippen molar-refractivity contribution in [2.75, 3.05) is 6.61 Å². The number of nitrogens with zero attached hydrogens (tertiary/aromatic N) is 1. The molecule has 0 aromatic heterocycles. The van der Waals surface area contributed by atoms with E-state index in [4.69, 9.17) is 15.2 Å². The van der Waals surface area contributed by atoms with Crippen LogP contribution in [0.25, 0.3) is 0 Å². The zero-order chi connectivity index (χ0) is 17.1. The number of benzene rings is 2. The van der Waals surface area contributed by atoms with E-state index in [9.17, 15) is 10.4 Å². The van der Waals surface area contributed by atoms with Crippen LogP contribution in [-0.2, 0) is 0 Å². The van der Waals surface area contributed by atoms with Crippen molar-refractivity contribution in [1.29, 1.82) is 5.26 Å².